The van der Waals surface area contributed by atoms with Gasteiger partial charge in [-0.1, -0.05) is 20.8 Å². The molecule has 4 heteroatoms. The quantitative estimate of drug-likeness (QED) is 0.759. The maximum Gasteiger partial charge on any atom is 0.195 e. The predicted octanol–water partition coefficient (Wildman–Crippen LogP) is 2.72. The molecule has 0 aromatic carbocycles. The number of rotatable bonds is 3. The van der Waals surface area contributed by atoms with Crippen LogP contribution in [-0.2, 0) is 6.54 Å². The third-order valence-electron chi connectivity index (χ3n) is 2.51. The van der Waals surface area contributed by atoms with E-state index in [0.29, 0.717) is 11.8 Å². The zero-order valence-electron chi connectivity index (χ0n) is 8.66. The summed E-state index contributed by atoms with van der Waals surface area (Å²) >= 11 is 5.12. The summed E-state index contributed by atoms with van der Waals surface area (Å²) in [6.45, 7) is 9.55. The van der Waals surface area contributed by atoms with Gasteiger partial charge < -0.3 is 4.57 Å². The smallest absolute Gasteiger partial charge is 0.195 e. The van der Waals surface area contributed by atoms with Crippen molar-refractivity contribution >= 4 is 12.2 Å². The molecular formula is C9H17N3S. The van der Waals surface area contributed by atoms with Crippen molar-refractivity contribution in [2.24, 2.45) is 5.92 Å². The highest BCUT2D eigenvalue weighted by molar-refractivity contribution is 7.71. The Bertz CT molecular complexity index is 324. The SMILES string of the molecule is CCn1c(C(C)C(C)C)n[nH]c1=S. The molecule has 0 bridgehead atoms. The van der Waals surface area contributed by atoms with Crippen LogP contribution in [0, 0.1) is 10.7 Å². The second kappa shape index (κ2) is 4.05. The van der Waals surface area contributed by atoms with Crippen molar-refractivity contribution in [2.45, 2.75) is 40.2 Å². The van der Waals surface area contributed by atoms with E-state index >= 15 is 0 Å². The van der Waals surface area contributed by atoms with Gasteiger partial charge in [0.2, 0.25) is 0 Å². The summed E-state index contributed by atoms with van der Waals surface area (Å²) in [5, 5.41) is 7.09. The Balaban J connectivity index is 3.07. The Labute approximate surface area is 84.2 Å². The van der Waals surface area contributed by atoms with Gasteiger partial charge in [-0.25, -0.2) is 0 Å². The lowest BCUT2D eigenvalue weighted by Gasteiger charge is -2.14. The third kappa shape index (κ3) is 1.99. The van der Waals surface area contributed by atoms with E-state index < -0.39 is 0 Å². The van der Waals surface area contributed by atoms with Crippen LogP contribution in [0.4, 0.5) is 0 Å². The molecule has 0 saturated carbocycles. The van der Waals surface area contributed by atoms with Crippen molar-refractivity contribution in [3.05, 3.63) is 10.6 Å². The van der Waals surface area contributed by atoms with Gasteiger partial charge in [0, 0.05) is 12.5 Å². The molecule has 1 rings (SSSR count). The van der Waals surface area contributed by atoms with Gasteiger partial charge in [0.25, 0.3) is 0 Å². The first-order valence-corrected chi connectivity index (χ1v) is 5.13. The highest BCUT2D eigenvalue weighted by Crippen LogP contribution is 2.21. The first kappa shape index (κ1) is 10.4. The fourth-order valence-electron chi connectivity index (χ4n) is 1.28. The zero-order valence-corrected chi connectivity index (χ0v) is 9.48. The Kier molecular flexibility index (Phi) is 3.25. The topological polar surface area (TPSA) is 33.6 Å². The van der Waals surface area contributed by atoms with Crippen LogP contribution in [0.5, 0.6) is 0 Å². The second-order valence-electron chi connectivity index (χ2n) is 3.66. The largest absolute Gasteiger partial charge is 0.304 e. The molecule has 13 heavy (non-hydrogen) atoms. The van der Waals surface area contributed by atoms with E-state index in [2.05, 4.69) is 42.5 Å². The van der Waals surface area contributed by atoms with E-state index in [1.807, 2.05) is 0 Å². The summed E-state index contributed by atoms with van der Waals surface area (Å²) in [7, 11) is 0. The fraction of sp³-hybridized carbons (Fsp3) is 0.778. The number of aromatic amines is 1. The summed E-state index contributed by atoms with van der Waals surface area (Å²) in [4.78, 5) is 0. The van der Waals surface area contributed by atoms with Crippen LogP contribution in [0.2, 0.25) is 0 Å². The molecule has 0 amide bonds. The third-order valence-corrected chi connectivity index (χ3v) is 2.82. The van der Waals surface area contributed by atoms with E-state index in [-0.39, 0.29) is 0 Å². The molecule has 0 aliphatic rings. The number of hydrogen-bond acceptors (Lipinski definition) is 2. The molecule has 0 aliphatic heterocycles. The Morgan fingerprint density at radius 1 is 1.46 bits per heavy atom. The molecule has 0 saturated heterocycles. The van der Waals surface area contributed by atoms with Gasteiger partial charge in [-0.15, -0.1) is 0 Å². The number of hydrogen-bond donors (Lipinski definition) is 1. The average molecular weight is 199 g/mol. The van der Waals surface area contributed by atoms with Crippen LogP contribution in [-0.4, -0.2) is 14.8 Å². The monoisotopic (exact) mass is 199 g/mol. The maximum absolute atomic E-state index is 5.12. The van der Waals surface area contributed by atoms with Gasteiger partial charge in [-0.05, 0) is 25.1 Å². The van der Waals surface area contributed by atoms with E-state index in [1.54, 1.807) is 0 Å². The molecule has 1 heterocycles. The minimum absolute atomic E-state index is 0.452. The van der Waals surface area contributed by atoms with E-state index in [9.17, 15) is 0 Å². The van der Waals surface area contributed by atoms with Crippen molar-refractivity contribution in [2.75, 3.05) is 0 Å². The standard InChI is InChI=1S/C9H17N3S/c1-5-12-8(7(4)6(2)3)10-11-9(12)13/h6-7H,5H2,1-4H3,(H,11,13). The normalized spacial score (nSPS) is 13.6. The first-order chi connectivity index (χ1) is 6.07. The number of nitrogens with zero attached hydrogens (tertiary/aromatic N) is 2. The predicted molar refractivity (Wildman–Crippen MR) is 56.3 cm³/mol. The van der Waals surface area contributed by atoms with Crippen LogP contribution in [0.1, 0.15) is 39.4 Å². The van der Waals surface area contributed by atoms with Gasteiger partial charge in [-0.2, -0.15) is 5.10 Å². The minimum Gasteiger partial charge on any atom is -0.304 e. The van der Waals surface area contributed by atoms with E-state index in [4.69, 9.17) is 12.2 Å². The summed E-state index contributed by atoms with van der Waals surface area (Å²) in [5.74, 6) is 2.12. The van der Waals surface area contributed by atoms with Crippen LogP contribution >= 0.6 is 12.2 Å². The number of H-pyrrole nitrogens is 1. The molecule has 1 atom stereocenters. The van der Waals surface area contributed by atoms with Gasteiger partial charge in [-0.3, -0.25) is 5.10 Å². The molecule has 0 fully saturated rings. The number of nitrogens with one attached hydrogen (secondary N) is 1. The maximum atomic E-state index is 5.12. The zero-order chi connectivity index (χ0) is 10.0. The van der Waals surface area contributed by atoms with Crippen LogP contribution in [0.3, 0.4) is 0 Å². The molecule has 0 radical (unpaired) electrons. The van der Waals surface area contributed by atoms with Crippen LogP contribution in [0.15, 0.2) is 0 Å². The first-order valence-electron chi connectivity index (χ1n) is 4.73. The van der Waals surface area contributed by atoms with Gasteiger partial charge in [0.15, 0.2) is 4.77 Å². The number of aromatic nitrogens is 3. The lowest BCUT2D eigenvalue weighted by atomic mass is 9.97. The average Bonchev–Trinajstić information content (AvgIpc) is 2.45. The van der Waals surface area contributed by atoms with Crippen LogP contribution < -0.4 is 0 Å². The van der Waals surface area contributed by atoms with Crippen molar-refractivity contribution < 1.29 is 0 Å². The lowest BCUT2D eigenvalue weighted by Crippen LogP contribution is -2.10. The molecule has 1 aromatic heterocycles. The van der Waals surface area contributed by atoms with E-state index in [0.717, 1.165) is 17.1 Å². The molecule has 1 unspecified atom stereocenters. The molecule has 0 spiro atoms. The molecular weight excluding hydrogens is 182 g/mol. The van der Waals surface area contributed by atoms with Gasteiger partial charge >= 0.3 is 0 Å². The van der Waals surface area contributed by atoms with E-state index in [1.165, 1.54) is 0 Å². The van der Waals surface area contributed by atoms with Gasteiger partial charge in [0.1, 0.15) is 5.82 Å². The summed E-state index contributed by atoms with van der Waals surface area (Å²) < 4.78 is 2.78. The van der Waals surface area contributed by atoms with Crippen molar-refractivity contribution in [3.63, 3.8) is 0 Å². The molecule has 0 aliphatic carbocycles. The Morgan fingerprint density at radius 3 is 2.54 bits per heavy atom. The molecule has 1 N–H and O–H groups in total. The summed E-state index contributed by atoms with van der Waals surface area (Å²) in [6, 6.07) is 0. The second-order valence-corrected chi connectivity index (χ2v) is 4.05. The highest BCUT2D eigenvalue weighted by atomic mass is 32.1. The van der Waals surface area contributed by atoms with Crippen molar-refractivity contribution in [1.29, 1.82) is 0 Å². The molecule has 74 valence electrons. The lowest BCUT2D eigenvalue weighted by molar-refractivity contribution is 0.486. The van der Waals surface area contributed by atoms with Gasteiger partial charge in [0.05, 0.1) is 0 Å². The molecule has 3 nitrogen and oxygen atoms in total. The fourth-order valence-corrected chi connectivity index (χ4v) is 1.55. The molecule has 1 aromatic rings. The Hall–Kier alpha value is -0.640. The van der Waals surface area contributed by atoms with Crippen LogP contribution in [0.25, 0.3) is 0 Å². The summed E-state index contributed by atoms with van der Waals surface area (Å²) in [6.07, 6.45) is 0. The van der Waals surface area contributed by atoms with Crippen molar-refractivity contribution in [3.8, 4) is 0 Å². The minimum atomic E-state index is 0.452. The highest BCUT2D eigenvalue weighted by Gasteiger charge is 2.16. The van der Waals surface area contributed by atoms with Crippen molar-refractivity contribution in [1.82, 2.24) is 14.8 Å². The summed E-state index contributed by atoms with van der Waals surface area (Å²) in [5.41, 5.74) is 0. The Morgan fingerprint density at radius 2 is 2.08 bits per heavy atom.